The summed E-state index contributed by atoms with van der Waals surface area (Å²) >= 11 is 0. The fraction of sp³-hybridized carbons (Fsp3) is 0.812. The van der Waals surface area contributed by atoms with Gasteiger partial charge in [-0.1, -0.05) is 92.9 Å². The zero-order valence-electron chi connectivity index (χ0n) is 24.6. The molecule has 0 amide bonds. The molecule has 0 aromatic carbocycles. The van der Waals surface area contributed by atoms with Crippen molar-refractivity contribution in [3.8, 4) is 0 Å². The highest BCUT2D eigenvalue weighted by atomic mass is 16.3. The number of hydrogen-bond donors (Lipinski definition) is 1. The summed E-state index contributed by atoms with van der Waals surface area (Å²) in [5.41, 5.74) is 1.66. The van der Waals surface area contributed by atoms with E-state index in [1.807, 2.05) is 6.92 Å². The van der Waals surface area contributed by atoms with E-state index in [9.17, 15) is 14.7 Å². The largest absolute Gasteiger partial charge is 0.390 e. The van der Waals surface area contributed by atoms with Crippen LogP contribution in [0.15, 0.2) is 22.3 Å². The van der Waals surface area contributed by atoms with Gasteiger partial charge in [0.15, 0.2) is 11.6 Å². The number of allylic oxidation sites excluding steroid dienone is 4. The van der Waals surface area contributed by atoms with Crippen molar-refractivity contribution >= 4 is 11.6 Å². The molecule has 0 heterocycles. The summed E-state index contributed by atoms with van der Waals surface area (Å²) in [5, 5.41) is 11.0. The molecule has 3 nitrogen and oxygen atoms in total. The van der Waals surface area contributed by atoms with E-state index in [0.29, 0.717) is 53.4 Å². The normalized spacial score (nSPS) is 18.6. The van der Waals surface area contributed by atoms with Gasteiger partial charge >= 0.3 is 0 Å². The highest BCUT2D eigenvalue weighted by molar-refractivity contribution is 6.24. The number of rotatable bonds is 17. The fourth-order valence-electron chi connectivity index (χ4n) is 5.28. The zero-order chi connectivity index (χ0) is 26.8. The van der Waals surface area contributed by atoms with Gasteiger partial charge in [-0.05, 0) is 70.1 Å². The average Bonchev–Trinajstić information content (AvgIpc) is 2.75. The molecule has 0 radical (unpaired) electrons. The van der Waals surface area contributed by atoms with Crippen LogP contribution in [0.1, 0.15) is 139 Å². The molecule has 0 saturated heterocycles. The maximum atomic E-state index is 13.0. The van der Waals surface area contributed by atoms with Crippen molar-refractivity contribution in [2.75, 3.05) is 0 Å². The van der Waals surface area contributed by atoms with Crippen LogP contribution in [0.5, 0.6) is 0 Å². The molecule has 202 valence electrons. The van der Waals surface area contributed by atoms with E-state index in [-0.39, 0.29) is 11.6 Å². The molecule has 1 rings (SSSR count). The Morgan fingerprint density at radius 2 is 1.11 bits per heavy atom. The lowest BCUT2D eigenvalue weighted by Gasteiger charge is -2.27. The molecule has 3 unspecified atom stereocenters. The van der Waals surface area contributed by atoms with E-state index in [2.05, 4.69) is 41.5 Å². The SMILES string of the molecule is CC1=C(C)C(=O)C(CC(C)C)=C(CCC(C)(O)CCCC(C)CCCC(C)CCCC(C)C)C1=O. The Kier molecular flexibility index (Phi) is 13.7. The summed E-state index contributed by atoms with van der Waals surface area (Å²) in [7, 11) is 0. The second-order valence-corrected chi connectivity index (χ2v) is 12.8. The third kappa shape index (κ3) is 11.6. The van der Waals surface area contributed by atoms with E-state index in [4.69, 9.17) is 0 Å². The Hall–Kier alpha value is -1.22. The van der Waals surface area contributed by atoms with E-state index in [1.54, 1.807) is 13.8 Å². The van der Waals surface area contributed by atoms with E-state index in [1.165, 1.54) is 38.5 Å². The predicted molar refractivity (Wildman–Crippen MR) is 149 cm³/mol. The minimum Gasteiger partial charge on any atom is -0.390 e. The summed E-state index contributed by atoms with van der Waals surface area (Å²) in [4.78, 5) is 25.9. The zero-order valence-corrected chi connectivity index (χ0v) is 24.6. The molecule has 0 aromatic rings. The van der Waals surface area contributed by atoms with Crippen LogP contribution in [0.4, 0.5) is 0 Å². The molecule has 1 aliphatic carbocycles. The summed E-state index contributed by atoms with van der Waals surface area (Å²) < 4.78 is 0. The Balaban J connectivity index is 2.48. The fourth-order valence-corrected chi connectivity index (χ4v) is 5.28. The number of carbonyl (C=O) groups is 2. The Morgan fingerprint density at radius 3 is 1.60 bits per heavy atom. The van der Waals surface area contributed by atoms with Gasteiger partial charge in [0, 0.05) is 22.3 Å². The van der Waals surface area contributed by atoms with Gasteiger partial charge in [0.2, 0.25) is 0 Å². The molecule has 0 saturated carbocycles. The van der Waals surface area contributed by atoms with Crippen molar-refractivity contribution < 1.29 is 14.7 Å². The van der Waals surface area contributed by atoms with Gasteiger partial charge < -0.3 is 5.11 Å². The minimum absolute atomic E-state index is 0.000561. The lowest BCUT2D eigenvalue weighted by molar-refractivity contribution is -0.116. The van der Waals surface area contributed by atoms with Crippen molar-refractivity contribution in [3.05, 3.63) is 22.3 Å². The molecular weight excluding hydrogens is 432 g/mol. The standard InChI is InChI=1S/C32H56O3/c1-22(2)13-10-14-24(5)15-11-16-25(6)17-12-19-32(9,35)20-18-28-29(21-23(3)4)31(34)27(8)26(7)30(28)33/h22-25,35H,10-21H2,1-9H3. The van der Waals surface area contributed by atoms with Crippen LogP contribution in [0.3, 0.4) is 0 Å². The van der Waals surface area contributed by atoms with Gasteiger partial charge in [-0.2, -0.15) is 0 Å². The van der Waals surface area contributed by atoms with Crippen molar-refractivity contribution in [2.45, 2.75) is 145 Å². The van der Waals surface area contributed by atoms with Gasteiger partial charge in [0.05, 0.1) is 5.60 Å². The van der Waals surface area contributed by atoms with Crippen molar-refractivity contribution in [3.63, 3.8) is 0 Å². The quantitative estimate of drug-likeness (QED) is 0.208. The minimum atomic E-state index is -0.811. The van der Waals surface area contributed by atoms with Crippen LogP contribution >= 0.6 is 0 Å². The third-order valence-corrected chi connectivity index (χ3v) is 7.97. The van der Waals surface area contributed by atoms with Crippen LogP contribution in [-0.4, -0.2) is 22.3 Å². The Bertz CT molecular complexity index is 751. The lowest BCUT2D eigenvalue weighted by Crippen LogP contribution is -2.27. The van der Waals surface area contributed by atoms with Gasteiger partial charge in [-0.25, -0.2) is 0 Å². The third-order valence-electron chi connectivity index (χ3n) is 7.97. The van der Waals surface area contributed by atoms with Gasteiger partial charge in [-0.3, -0.25) is 9.59 Å². The van der Waals surface area contributed by atoms with Gasteiger partial charge in [0.1, 0.15) is 0 Å². The number of ketones is 2. The molecule has 1 aliphatic rings. The van der Waals surface area contributed by atoms with E-state index < -0.39 is 5.60 Å². The van der Waals surface area contributed by atoms with Crippen LogP contribution in [0, 0.1) is 23.7 Å². The van der Waals surface area contributed by atoms with Crippen LogP contribution < -0.4 is 0 Å². The van der Waals surface area contributed by atoms with Crippen LogP contribution in [-0.2, 0) is 9.59 Å². The van der Waals surface area contributed by atoms with Crippen molar-refractivity contribution in [1.29, 1.82) is 0 Å². The first kappa shape index (κ1) is 31.8. The summed E-state index contributed by atoms with van der Waals surface area (Å²) in [5.74, 6) is 2.66. The molecular formula is C32H56O3. The topological polar surface area (TPSA) is 54.4 Å². The molecule has 0 aliphatic heterocycles. The molecule has 0 spiro atoms. The number of hydrogen-bond acceptors (Lipinski definition) is 3. The first-order chi connectivity index (χ1) is 16.2. The highest BCUT2D eigenvalue weighted by Crippen LogP contribution is 2.33. The molecule has 35 heavy (non-hydrogen) atoms. The van der Waals surface area contributed by atoms with Crippen molar-refractivity contribution in [2.24, 2.45) is 23.7 Å². The first-order valence-electron chi connectivity index (χ1n) is 14.5. The van der Waals surface area contributed by atoms with Gasteiger partial charge in [-0.15, -0.1) is 0 Å². The maximum absolute atomic E-state index is 13.0. The second-order valence-electron chi connectivity index (χ2n) is 12.8. The van der Waals surface area contributed by atoms with Crippen molar-refractivity contribution in [1.82, 2.24) is 0 Å². The predicted octanol–water partition coefficient (Wildman–Crippen LogP) is 8.79. The Morgan fingerprint density at radius 1 is 0.657 bits per heavy atom. The van der Waals surface area contributed by atoms with E-state index in [0.717, 1.165) is 31.1 Å². The average molecular weight is 489 g/mol. The number of Topliss-reactive ketones (excluding diaryl/α,β-unsaturated/α-hetero) is 2. The van der Waals surface area contributed by atoms with E-state index >= 15 is 0 Å². The summed E-state index contributed by atoms with van der Waals surface area (Å²) in [6, 6.07) is 0. The van der Waals surface area contributed by atoms with Crippen LogP contribution in [0.2, 0.25) is 0 Å². The summed E-state index contributed by atoms with van der Waals surface area (Å²) in [6.07, 6.45) is 12.5. The molecule has 0 fully saturated rings. The molecule has 3 atom stereocenters. The van der Waals surface area contributed by atoms with Gasteiger partial charge in [0.25, 0.3) is 0 Å². The maximum Gasteiger partial charge on any atom is 0.185 e. The first-order valence-corrected chi connectivity index (χ1v) is 14.5. The molecule has 0 aromatic heterocycles. The molecule has 3 heteroatoms. The molecule has 0 bridgehead atoms. The number of aliphatic hydroxyl groups is 1. The Labute approximate surface area is 217 Å². The lowest BCUT2D eigenvalue weighted by atomic mass is 9.78. The smallest absolute Gasteiger partial charge is 0.185 e. The molecule has 1 N–H and O–H groups in total. The second kappa shape index (κ2) is 15.1. The number of carbonyl (C=O) groups excluding carboxylic acids is 2. The summed E-state index contributed by atoms with van der Waals surface area (Å²) in [6.45, 7) is 18.9. The highest BCUT2D eigenvalue weighted by Gasteiger charge is 2.32. The monoisotopic (exact) mass is 488 g/mol. The van der Waals surface area contributed by atoms with Crippen LogP contribution in [0.25, 0.3) is 0 Å².